The van der Waals surface area contributed by atoms with E-state index in [0.29, 0.717) is 35.4 Å². The Bertz CT molecular complexity index is 1890. The van der Waals surface area contributed by atoms with E-state index in [-0.39, 0.29) is 50.2 Å². The molecule has 5 heterocycles. The van der Waals surface area contributed by atoms with Gasteiger partial charge in [0.25, 0.3) is 0 Å². The van der Waals surface area contributed by atoms with Gasteiger partial charge in [0.15, 0.2) is 11.5 Å². The number of anilines is 1. The average molecular weight is 712 g/mol. The van der Waals surface area contributed by atoms with Crippen molar-refractivity contribution >= 4 is 36.9 Å². The summed E-state index contributed by atoms with van der Waals surface area (Å²) in [6.07, 6.45) is 3.83. The number of imide groups is 1. The van der Waals surface area contributed by atoms with Crippen LogP contribution in [0.2, 0.25) is 25.7 Å². The SMILES string of the molecule is CC(C)(C)OC(=O)N1CCC(n2cc(-c3cnc4c(c3)c(N3C[C@@H](F)CC3c3cc(F)ccc3F)nn4COCC[Si](C)(C)C)cn2)CC1=O. The molecule has 3 atom stereocenters. The van der Waals surface area contributed by atoms with Crippen molar-refractivity contribution in [1.29, 1.82) is 0 Å². The summed E-state index contributed by atoms with van der Waals surface area (Å²) < 4.78 is 59.1. The molecule has 1 aromatic carbocycles. The number of fused-ring (bicyclic) bond motifs is 1. The van der Waals surface area contributed by atoms with Gasteiger partial charge in [-0.05, 0) is 57.5 Å². The van der Waals surface area contributed by atoms with Crippen LogP contribution in [-0.2, 0) is 21.0 Å². The second-order valence-corrected chi connectivity index (χ2v) is 20.9. The molecule has 2 fully saturated rings. The van der Waals surface area contributed by atoms with Crippen LogP contribution in [0.1, 0.15) is 57.7 Å². The van der Waals surface area contributed by atoms with Crippen LogP contribution in [0.15, 0.2) is 42.9 Å². The fourth-order valence-electron chi connectivity index (χ4n) is 6.36. The van der Waals surface area contributed by atoms with Crippen molar-refractivity contribution in [2.45, 2.75) is 96.3 Å². The number of amides is 2. The second-order valence-electron chi connectivity index (χ2n) is 15.3. The van der Waals surface area contributed by atoms with Crippen molar-refractivity contribution in [1.82, 2.24) is 29.4 Å². The van der Waals surface area contributed by atoms with Gasteiger partial charge in [-0.3, -0.25) is 9.48 Å². The molecule has 4 aromatic rings. The van der Waals surface area contributed by atoms with E-state index in [9.17, 15) is 14.0 Å². The van der Waals surface area contributed by atoms with Gasteiger partial charge in [0.2, 0.25) is 5.91 Å². The number of hydrogen-bond acceptors (Lipinski definition) is 8. The summed E-state index contributed by atoms with van der Waals surface area (Å²) >= 11 is 0. The number of carbonyl (C=O) groups excluding carboxylic acids is 2. The molecule has 2 unspecified atom stereocenters. The maximum atomic E-state index is 15.1. The van der Waals surface area contributed by atoms with E-state index >= 15 is 8.78 Å². The van der Waals surface area contributed by atoms with Crippen molar-refractivity contribution in [3.63, 3.8) is 0 Å². The molecule has 50 heavy (non-hydrogen) atoms. The number of halogens is 3. The van der Waals surface area contributed by atoms with Crippen LogP contribution in [0.25, 0.3) is 22.2 Å². The summed E-state index contributed by atoms with van der Waals surface area (Å²) in [6, 6.07) is 5.02. The molecule has 2 aliphatic heterocycles. The normalized spacial score (nSPS) is 20.3. The number of rotatable bonds is 9. The minimum absolute atomic E-state index is 0.0210. The average Bonchev–Trinajstić information content (AvgIpc) is 3.76. The van der Waals surface area contributed by atoms with Gasteiger partial charge < -0.3 is 14.4 Å². The minimum Gasteiger partial charge on any atom is -0.443 e. The first-order valence-electron chi connectivity index (χ1n) is 16.9. The van der Waals surface area contributed by atoms with E-state index < -0.39 is 43.6 Å². The summed E-state index contributed by atoms with van der Waals surface area (Å²) in [5, 5.41) is 9.96. The van der Waals surface area contributed by atoms with Crippen LogP contribution in [-0.4, -0.2) is 81.0 Å². The van der Waals surface area contributed by atoms with Crippen molar-refractivity contribution in [3.05, 3.63) is 60.1 Å². The van der Waals surface area contributed by atoms with E-state index in [1.165, 1.54) is 0 Å². The minimum atomic E-state index is -1.34. The smallest absolute Gasteiger partial charge is 0.417 e. The molecule has 11 nitrogen and oxygen atoms in total. The van der Waals surface area contributed by atoms with Gasteiger partial charge in [-0.25, -0.2) is 32.5 Å². The van der Waals surface area contributed by atoms with Gasteiger partial charge in [-0.1, -0.05) is 19.6 Å². The summed E-state index contributed by atoms with van der Waals surface area (Å²) in [6.45, 7) is 12.9. The number of piperidine rings is 1. The highest BCUT2D eigenvalue weighted by atomic mass is 28.3. The molecule has 0 N–H and O–H groups in total. The van der Waals surface area contributed by atoms with Crippen molar-refractivity contribution < 1.29 is 32.2 Å². The van der Waals surface area contributed by atoms with E-state index in [1.807, 2.05) is 12.3 Å². The predicted molar refractivity (Wildman–Crippen MR) is 185 cm³/mol. The molecule has 15 heteroatoms. The van der Waals surface area contributed by atoms with Gasteiger partial charge in [0, 0.05) is 63.2 Å². The Balaban J connectivity index is 1.30. The standard InChI is InChI=1S/C35H44F3N7O4Si/c1-35(2,3)49-34(47)42-10-9-26(16-31(42)46)44-19-23(18-40-44)22-13-28-32(39-17-22)45(21-48-11-12-50(4,5)6)41-33(28)43-20-25(37)15-30(43)27-14-24(36)7-8-29(27)38/h7-8,13-14,17-19,25-26,30H,9-12,15-16,20-21H2,1-6H3/t25-,26?,30?/m0/s1. The maximum Gasteiger partial charge on any atom is 0.417 e. The number of nitrogens with zero attached hydrogens (tertiary/aromatic N) is 7. The first kappa shape index (κ1) is 35.6. The monoisotopic (exact) mass is 711 g/mol. The topological polar surface area (TPSA) is 108 Å². The van der Waals surface area contributed by atoms with Crippen LogP contribution < -0.4 is 4.90 Å². The van der Waals surface area contributed by atoms with Crippen molar-refractivity contribution in [2.24, 2.45) is 0 Å². The molecule has 268 valence electrons. The lowest BCUT2D eigenvalue weighted by molar-refractivity contribution is -0.133. The highest BCUT2D eigenvalue weighted by molar-refractivity contribution is 6.76. The number of benzene rings is 1. The molecule has 0 bridgehead atoms. The van der Waals surface area contributed by atoms with Crippen LogP contribution in [0.5, 0.6) is 0 Å². The van der Waals surface area contributed by atoms with Crippen LogP contribution >= 0.6 is 0 Å². The molecule has 0 radical (unpaired) electrons. The largest absolute Gasteiger partial charge is 0.443 e. The van der Waals surface area contributed by atoms with Crippen LogP contribution in [0.3, 0.4) is 0 Å². The molecule has 3 aromatic heterocycles. The number of pyridine rings is 1. The van der Waals surface area contributed by atoms with Gasteiger partial charge in [0.05, 0.1) is 30.2 Å². The molecule has 2 saturated heterocycles. The van der Waals surface area contributed by atoms with E-state index in [0.717, 1.165) is 34.7 Å². The first-order valence-corrected chi connectivity index (χ1v) is 20.6. The molecule has 0 saturated carbocycles. The van der Waals surface area contributed by atoms with Gasteiger partial charge in [0.1, 0.15) is 30.1 Å². The zero-order valence-electron chi connectivity index (χ0n) is 29.3. The highest BCUT2D eigenvalue weighted by Gasteiger charge is 2.38. The number of aromatic nitrogens is 5. The Morgan fingerprint density at radius 2 is 1.88 bits per heavy atom. The van der Waals surface area contributed by atoms with Crippen molar-refractivity contribution in [3.8, 4) is 11.1 Å². The Morgan fingerprint density at radius 1 is 1.10 bits per heavy atom. The molecular formula is C35H44F3N7O4Si. The fraction of sp³-hybridized carbons (Fsp3) is 0.514. The number of hydrogen-bond donors (Lipinski definition) is 0. The van der Waals surface area contributed by atoms with Gasteiger partial charge >= 0.3 is 6.09 Å². The Kier molecular flexibility index (Phi) is 9.83. The zero-order valence-corrected chi connectivity index (χ0v) is 30.3. The molecule has 2 amide bonds. The third-order valence-corrected chi connectivity index (χ3v) is 10.6. The predicted octanol–water partition coefficient (Wildman–Crippen LogP) is 7.27. The Morgan fingerprint density at radius 3 is 2.60 bits per heavy atom. The summed E-state index contributed by atoms with van der Waals surface area (Å²) in [5.41, 5.74) is 1.29. The Hall–Kier alpha value is -4.24. The number of likely N-dealkylation sites (tertiary alicyclic amines) is 1. The third-order valence-electron chi connectivity index (χ3n) is 8.94. The first-order chi connectivity index (χ1) is 23.6. The highest BCUT2D eigenvalue weighted by Crippen LogP contribution is 2.41. The van der Waals surface area contributed by atoms with Gasteiger partial charge in [-0.2, -0.15) is 10.2 Å². The molecule has 0 aliphatic carbocycles. The summed E-state index contributed by atoms with van der Waals surface area (Å²) in [7, 11) is -1.34. The van der Waals surface area contributed by atoms with Crippen LogP contribution in [0.4, 0.5) is 23.8 Å². The summed E-state index contributed by atoms with van der Waals surface area (Å²) in [4.78, 5) is 33.0. The lowest BCUT2D eigenvalue weighted by Crippen LogP contribution is -2.45. The zero-order chi connectivity index (χ0) is 36.0. The lowest BCUT2D eigenvalue weighted by atomic mass is 10.0. The molecule has 2 aliphatic rings. The third kappa shape index (κ3) is 7.88. The lowest BCUT2D eigenvalue weighted by Gasteiger charge is -2.32. The number of alkyl halides is 1. The van der Waals surface area contributed by atoms with Crippen molar-refractivity contribution in [2.75, 3.05) is 24.6 Å². The fourth-order valence-corrected chi connectivity index (χ4v) is 7.11. The van der Waals surface area contributed by atoms with Crippen LogP contribution in [0, 0.1) is 11.6 Å². The molecule has 6 rings (SSSR count). The van der Waals surface area contributed by atoms with Gasteiger partial charge in [-0.15, -0.1) is 0 Å². The molecule has 0 spiro atoms. The summed E-state index contributed by atoms with van der Waals surface area (Å²) in [5.74, 6) is -1.16. The van der Waals surface area contributed by atoms with E-state index in [1.54, 1.807) is 47.4 Å². The van der Waals surface area contributed by atoms with E-state index in [2.05, 4.69) is 24.7 Å². The Labute approximate surface area is 290 Å². The second kappa shape index (κ2) is 13.8. The number of carbonyl (C=O) groups is 2. The molecular weight excluding hydrogens is 668 g/mol. The van der Waals surface area contributed by atoms with E-state index in [4.69, 9.17) is 19.6 Å². The quantitative estimate of drug-likeness (QED) is 0.132. The number of ether oxygens (including phenoxy) is 2. The maximum absolute atomic E-state index is 15.1.